The van der Waals surface area contributed by atoms with Crippen molar-refractivity contribution in [2.45, 2.75) is 26.8 Å². The van der Waals surface area contributed by atoms with Crippen LogP contribution < -0.4 is 9.64 Å². The Labute approximate surface area is 213 Å². The molecule has 7 heteroatoms. The summed E-state index contributed by atoms with van der Waals surface area (Å²) in [7, 11) is 1.47. The Morgan fingerprint density at radius 1 is 1.00 bits per heavy atom. The van der Waals surface area contributed by atoms with E-state index >= 15 is 0 Å². The van der Waals surface area contributed by atoms with E-state index in [4.69, 9.17) is 16.3 Å². The number of nitrogens with one attached hydrogen (secondary N) is 1. The van der Waals surface area contributed by atoms with E-state index in [1.54, 1.807) is 18.2 Å². The minimum Gasteiger partial charge on any atom is -0.507 e. The number of aliphatic hydroxyl groups excluding tert-OH is 1. The number of amides is 1. The third-order valence-electron chi connectivity index (χ3n) is 6.85. The summed E-state index contributed by atoms with van der Waals surface area (Å²) in [5, 5.41) is 12.7. The highest BCUT2D eigenvalue weighted by Crippen LogP contribution is 2.46. The predicted octanol–water partition coefficient (Wildman–Crippen LogP) is 6.38. The molecular weight excluding hydrogens is 476 g/mol. The molecule has 3 aromatic carbocycles. The number of aromatic amines is 1. The highest BCUT2D eigenvalue weighted by Gasteiger charge is 2.48. The number of anilines is 1. The predicted molar refractivity (Wildman–Crippen MR) is 142 cm³/mol. The maximum atomic E-state index is 13.6. The molecule has 1 fully saturated rings. The lowest BCUT2D eigenvalue weighted by Gasteiger charge is -2.26. The zero-order valence-electron chi connectivity index (χ0n) is 20.3. The van der Waals surface area contributed by atoms with Gasteiger partial charge in [0.15, 0.2) is 0 Å². The van der Waals surface area contributed by atoms with E-state index in [1.165, 1.54) is 12.0 Å². The number of aryl methyl sites for hydroxylation is 3. The molecule has 1 saturated heterocycles. The molecule has 1 aromatic heterocycles. The minimum absolute atomic E-state index is 0.00968. The van der Waals surface area contributed by atoms with E-state index in [0.717, 1.165) is 33.3 Å². The molecule has 1 aliphatic heterocycles. The summed E-state index contributed by atoms with van der Waals surface area (Å²) in [6.07, 6.45) is 0. The molecule has 0 bridgehead atoms. The minimum atomic E-state index is -0.843. The maximum absolute atomic E-state index is 13.6. The van der Waals surface area contributed by atoms with Crippen molar-refractivity contribution in [3.63, 3.8) is 0 Å². The number of ketones is 1. The SMILES string of the molecule is COc1cc(/C(O)=C2\C(=O)C(=O)N(c3ccc(C)c(C)c3)C2c2c(C)[nH]c3ccccc23)ccc1Cl. The second kappa shape index (κ2) is 8.88. The quantitative estimate of drug-likeness (QED) is 0.193. The molecule has 2 heterocycles. The van der Waals surface area contributed by atoms with E-state index in [-0.39, 0.29) is 11.3 Å². The van der Waals surface area contributed by atoms with Crippen LogP contribution in [0.1, 0.15) is 34.0 Å². The Balaban J connectivity index is 1.82. The lowest BCUT2D eigenvalue weighted by atomic mass is 9.93. The van der Waals surface area contributed by atoms with Crippen LogP contribution in [0.15, 0.2) is 66.2 Å². The van der Waals surface area contributed by atoms with Crippen LogP contribution in [0.4, 0.5) is 5.69 Å². The Morgan fingerprint density at radius 2 is 1.75 bits per heavy atom. The summed E-state index contributed by atoms with van der Waals surface area (Å²) in [5.74, 6) is -1.39. The number of carbonyl (C=O) groups is 2. The topological polar surface area (TPSA) is 82.6 Å². The summed E-state index contributed by atoms with van der Waals surface area (Å²) in [4.78, 5) is 31.9. The molecule has 4 aromatic rings. The summed E-state index contributed by atoms with van der Waals surface area (Å²) in [6.45, 7) is 5.85. The number of carbonyl (C=O) groups excluding carboxylic acids is 2. The highest BCUT2D eigenvalue weighted by atomic mass is 35.5. The van der Waals surface area contributed by atoms with E-state index in [9.17, 15) is 14.7 Å². The van der Waals surface area contributed by atoms with E-state index in [0.29, 0.717) is 22.0 Å². The van der Waals surface area contributed by atoms with Gasteiger partial charge in [-0.1, -0.05) is 35.9 Å². The number of halogens is 1. The zero-order valence-corrected chi connectivity index (χ0v) is 21.1. The molecule has 0 saturated carbocycles. The van der Waals surface area contributed by atoms with Crippen molar-refractivity contribution in [1.82, 2.24) is 4.98 Å². The van der Waals surface area contributed by atoms with Crippen LogP contribution in [0.25, 0.3) is 16.7 Å². The first-order valence-electron chi connectivity index (χ1n) is 11.5. The Kier molecular flexibility index (Phi) is 5.85. The van der Waals surface area contributed by atoms with Crippen LogP contribution in [0.5, 0.6) is 5.75 Å². The summed E-state index contributed by atoms with van der Waals surface area (Å²) < 4.78 is 5.30. The highest BCUT2D eigenvalue weighted by molar-refractivity contribution is 6.52. The maximum Gasteiger partial charge on any atom is 0.300 e. The standard InChI is InChI=1S/C29H25ClN2O4/c1-15-9-11-19(13-16(15)2)32-26(24-17(3)31-22-8-6-5-7-20(22)24)25(28(34)29(32)35)27(33)18-10-12-21(30)23(14-18)36-4/h5-14,26,31,33H,1-4H3/b27-25+. The number of aliphatic hydroxyl groups is 1. The smallest absolute Gasteiger partial charge is 0.300 e. The number of Topliss-reactive ketones (excluding diaryl/α,β-unsaturated/α-hetero) is 1. The molecule has 6 nitrogen and oxygen atoms in total. The zero-order chi connectivity index (χ0) is 25.7. The van der Waals surface area contributed by atoms with Crippen LogP contribution in [0, 0.1) is 20.8 Å². The number of hydrogen-bond donors (Lipinski definition) is 2. The van der Waals surface area contributed by atoms with Crippen LogP contribution in [0.2, 0.25) is 5.02 Å². The fourth-order valence-corrected chi connectivity index (χ4v) is 5.06. The second-order valence-electron chi connectivity index (χ2n) is 9.00. The molecular formula is C29H25ClN2O4. The van der Waals surface area contributed by atoms with Crippen LogP contribution in [0.3, 0.4) is 0 Å². The van der Waals surface area contributed by atoms with E-state index in [1.807, 2.05) is 63.2 Å². The normalized spacial score (nSPS) is 17.2. The number of H-pyrrole nitrogens is 1. The fraction of sp³-hybridized carbons (Fsp3) is 0.172. The Morgan fingerprint density at radius 3 is 2.47 bits per heavy atom. The summed E-state index contributed by atoms with van der Waals surface area (Å²) in [5.41, 5.74) is 5.43. The van der Waals surface area contributed by atoms with Crippen molar-refractivity contribution >= 4 is 45.6 Å². The Bertz CT molecular complexity index is 1580. The average molecular weight is 501 g/mol. The number of nitrogens with zero attached hydrogens (tertiary/aromatic N) is 1. The molecule has 0 spiro atoms. The lowest BCUT2D eigenvalue weighted by Crippen LogP contribution is -2.29. The molecule has 182 valence electrons. The average Bonchev–Trinajstić information content (AvgIpc) is 3.33. The van der Waals surface area contributed by atoms with Gasteiger partial charge in [-0.05, 0) is 68.3 Å². The van der Waals surface area contributed by atoms with Gasteiger partial charge in [0.1, 0.15) is 11.5 Å². The van der Waals surface area contributed by atoms with Crippen LogP contribution >= 0.6 is 11.6 Å². The number of hydrogen-bond acceptors (Lipinski definition) is 4. The number of fused-ring (bicyclic) bond motifs is 1. The molecule has 0 radical (unpaired) electrons. The van der Waals surface area contributed by atoms with Gasteiger partial charge in [0.05, 0.1) is 23.7 Å². The van der Waals surface area contributed by atoms with Gasteiger partial charge in [-0.25, -0.2) is 0 Å². The third-order valence-corrected chi connectivity index (χ3v) is 7.17. The Hall–Kier alpha value is -4.03. The van der Waals surface area contributed by atoms with Gasteiger partial charge in [-0.15, -0.1) is 0 Å². The molecule has 5 rings (SSSR count). The van der Waals surface area contributed by atoms with Crippen molar-refractivity contribution in [2.24, 2.45) is 0 Å². The number of aromatic nitrogens is 1. The van der Waals surface area contributed by atoms with Crippen molar-refractivity contribution in [1.29, 1.82) is 0 Å². The largest absolute Gasteiger partial charge is 0.507 e. The first-order valence-corrected chi connectivity index (χ1v) is 11.9. The first kappa shape index (κ1) is 23.7. The van der Waals surface area contributed by atoms with Gasteiger partial charge in [-0.2, -0.15) is 0 Å². The molecule has 1 aliphatic rings. The van der Waals surface area contributed by atoms with Crippen LogP contribution in [-0.4, -0.2) is 28.9 Å². The molecule has 0 aliphatic carbocycles. The molecule has 2 N–H and O–H groups in total. The lowest BCUT2D eigenvalue weighted by molar-refractivity contribution is -0.132. The molecule has 1 atom stereocenters. The fourth-order valence-electron chi connectivity index (χ4n) is 4.86. The summed E-state index contributed by atoms with van der Waals surface area (Å²) >= 11 is 6.18. The van der Waals surface area contributed by atoms with Gasteiger partial charge in [-0.3, -0.25) is 14.5 Å². The molecule has 1 unspecified atom stereocenters. The van der Waals surface area contributed by atoms with Crippen molar-refractivity contribution in [3.8, 4) is 5.75 Å². The van der Waals surface area contributed by atoms with Gasteiger partial charge in [0.2, 0.25) is 0 Å². The monoisotopic (exact) mass is 500 g/mol. The first-order chi connectivity index (χ1) is 17.2. The van der Waals surface area contributed by atoms with E-state index in [2.05, 4.69) is 4.98 Å². The van der Waals surface area contributed by atoms with Gasteiger partial charge in [0, 0.05) is 33.4 Å². The summed E-state index contributed by atoms with van der Waals surface area (Å²) in [6, 6.07) is 17.3. The van der Waals surface area contributed by atoms with Gasteiger partial charge in [0.25, 0.3) is 11.7 Å². The number of para-hydroxylation sites is 1. The molecule has 36 heavy (non-hydrogen) atoms. The van der Waals surface area contributed by atoms with E-state index < -0.39 is 17.7 Å². The number of ether oxygens (including phenoxy) is 1. The third kappa shape index (κ3) is 3.65. The van der Waals surface area contributed by atoms with Gasteiger partial charge < -0.3 is 14.8 Å². The van der Waals surface area contributed by atoms with Crippen LogP contribution in [-0.2, 0) is 9.59 Å². The van der Waals surface area contributed by atoms with Crippen molar-refractivity contribution < 1.29 is 19.4 Å². The molecule has 1 amide bonds. The van der Waals surface area contributed by atoms with Crippen molar-refractivity contribution in [3.05, 3.63) is 99.2 Å². The number of methoxy groups -OCH3 is 1. The number of rotatable bonds is 4. The number of benzene rings is 3. The second-order valence-corrected chi connectivity index (χ2v) is 9.40. The van der Waals surface area contributed by atoms with Crippen molar-refractivity contribution in [2.75, 3.05) is 12.0 Å². The van der Waals surface area contributed by atoms with Gasteiger partial charge >= 0.3 is 0 Å².